The van der Waals surface area contributed by atoms with Gasteiger partial charge in [0.15, 0.2) is 0 Å². The van der Waals surface area contributed by atoms with E-state index < -0.39 is 0 Å². The fraction of sp³-hybridized carbons (Fsp3) is 0.615. The normalized spacial score (nSPS) is 15.0. The number of amides is 3. The van der Waals surface area contributed by atoms with E-state index in [0.29, 0.717) is 38.6 Å². The molecule has 1 aliphatic heterocycles. The smallest absolute Gasteiger partial charge is 0.409 e. The molecule has 0 atom stereocenters. The lowest BCUT2D eigenvalue weighted by Gasteiger charge is -2.33. The van der Waals surface area contributed by atoms with Crippen molar-refractivity contribution in [2.24, 2.45) is 7.05 Å². The van der Waals surface area contributed by atoms with Crippen molar-refractivity contribution in [1.82, 2.24) is 19.6 Å². The van der Waals surface area contributed by atoms with Crippen molar-refractivity contribution in [3.63, 3.8) is 0 Å². The van der Waals surface area contributed by atoms with Gasteiger partial charge < -0.3 is 14.5 Å². The maximum Gasteiger partial charge on any atom is 0.409 e. The van der Waals surface area contributed by atoms with E-state index in [9.17, 15) is 9.59 Å². The summed E-state index contributed by atoms with van der Waals surface area (Å²) in [6, 6.07) is 1.63. The Morgan fingerprint density at radius 2 is 1.90 bits per heavy atom. The quantitative estimate of drug-likeness (QED) is 0.884. The number of aryl methyl sites for hydroxylation is 2. The summed E-state index contributed by atoms with van der Waals surface area (Å²) in [5, 5.41) is 7.00. The molecule has 8 nitrogen and oxygen atoms in total. The molecule has 0 saturated carbocycles. The molecule has 2 rings (SSSR count). The van der Waals surface area contributed by atoms with Crippen LogP contribution in [-0.2, 0) is 11.8 Å². The Balaban J connectivity index is 1.86. The molecule has 0 bridgehead atoms. The average molecular weight is 295 g/mol. The Morgan fingerprint density at radius 3 is 2.43 bits per heavy atom. The highest BCUT2D eigenvalue weighted by atomic mass is 16.6. The van der Waals surface area contributed by atoms with Crippen molar-refractivity contribution in [3.8, 4) is 0 Å². The van der Waals surface area contributed by atoms with Gasteiger partial charge in [-0.05, 0) is 13.8 Å². The van der Waals surface area contributed by atoms with Gasteiger partial charge in [-0.2, -0.15) is 5.10 Å². The van der Waals surface area contributed by atoms with Crippen LogP contribution in [0, 0.1) is 6.92 Å². The van der Waals surface area contributed by atoms with Crippen LogP contribution in [0.1, 0.15) is 12.6 Å². The highest BCUT2D eigenvalue weighted by Gasteiger charge is 2.25. The summed E-state index contributed by atoms with van der Waals surface area (Å²) >= 11 is 0. The summed E-state index contributed by atoms with van der Waals surface area (Å²) in [4.78, 5) is 27.0. The predicted octanol–water partition coefficient (Wildman–Crippen LogP) is 1.03. The first-order chi connectivity index (χ1) is 10.0. The third kappa shape index (κ3) is 3.65. The molecule has 2 heterocycles. The van der Waals surface area contributed by atoms with Crippen molar-refractivity contribution in [1.29, 1.82) is 0 Å². The van der Waals surface area contributed by atoms with Crippen LogP contribution in [0.4, 0.5) is 15.4 Å². The first kappa shape index (κ1) is 15.1. The second-order valence-corrected chi connectivity index (χ2v) is 4.90. The fourth-order valence-corrected chi connectivity index (χ4v) is 2.22. The monoisotopic (exact) mass is 295 g/mol. The first-order valence-corrected chi connectivity index (χ1v) is 6.99. The number of hydrogen-bond donors (Lipinski definition) is 1. The number of anilines is 1. The third-order valence-corrected chi connectivity index (χ3v) is 3.33. The number of rotatable bonds is 2. The Hall–Kier alpha value is -2.25. The minimum Gasteiger partial charge on any atom is -0.450 e. The van der Waals surface area contributed by atoms with E-state index in [0.717, 1.165) is 5.69 Å². The number of carbonyl (C=O) groups is 2. The lowest BCUT2D eigenvalue weighted by atomic mass is 10.3. The van der Waals surface area contributed by atoms with Crippen LogP contribution in [0.2, 0.25) is 0 Å². The molecule has 0 radical (unpaired) electrons. The number of aromatic nitrogens is 2. The number of ether oxygens (including phenoxy) is 1. The lowest BCUT2D eigenvalue weighted by Crippen LogP contribution is -2.51. The number of nitrogens with zero attached hydrogens (tertiary/aromatic N) is 4. The van der Waals surface area contributed by atoms with Gasteiger partial charge in [-0.25, -0.2) is 9.59 Å². The minimum absolute atomic E-state index is 0.179. The standard InChI is InChI=1S/C13H21N5O3/c1-4-21-13(20)18-7-5-17(6-8-18)12(19)14-11-9-10(2)15-16(11)3/h9H,4-8H2,1-3H3,(H,14,19). The molecule has 1 aliphatic rings. The summed E-state index contributed by atoms with van der Waals surface area (Å²) in [5.74, 6) is 0.658. The second kappa shape index (κ2) is 6.47. The average Bonchev–Trinajstić information content (AvgIpc) is 2.77. The zero-order valence-corrected chi connectivity index (χ0v) is 12.6. The minimum atomic E-state index is -0.320. The van der Waals surface area contributed by atoms with E-state index in [1.54, 1.807) is 28.5 Å². The Morgan fingerprint density at radius 1 is 1.29 bits per heavy atom. The molecule has 0 aliphatic carbocycles. The molecule has 21 heavy (non-hydrogen) atoms. The molecule has 1 aromatic rings. The molecule has 1 N–H and O–H groups in total. The number of carbonyl (C=O) groups excluding carboxylic acids is 2. The number of hydrogen-bond acceptors (Lipinski definition) is 4. The fourth-order valence-electron chi connectivity index (χ4n) is 2.22. The van der Waals surface area contributed by atoms with Gasteiger partial charge >= 0.3 is 12.1 Å². The van der Waals surface area contributed by atoms with E-state index in [-0.39, 0.29) is 12.1 Å². The molecule has 8 heteroatoms. The maximum atomic E-state index is 12.2. The summed E-state index contributed by atoms with van der Waals surface area (Å²) < 4.78 is 6.57. The number of piperazine rings is 1. The molecule has 1 aromatic heterocycles. The van der Waals surface area contributed by atoms with Gasteiger partial charge in [-0.3, -0.25) is 10.00 Å². The predicted molar refractivity (Wildman–Crippen MR) is 77.1 cm³/mol. The molecule has 0 aromatic carbocycles. The van der Waals surface area contributed by atoms with Crippen LogP contribution in [0.25, 0.3) is 0 Å². The summed E-state index contributed by atoms with van der Waals surface area (Å²) in [6.45, 7) is 5.95. The van der Waals surface area contributed by atoms with Gasteiger partial charge in [-0.15, -0.1) is 0 Å². The van der Waals surface area contributed by atoms with E-state index in [2.05, 4.69) is 10.4 Å². The van der Waals surface area contributed by atoms with Crippen LogP contribution >= 0.6 is 0 Å². The maximum absolute atomic E-state index is 12.2. The summed E-state index contributed by atoms with van der Waals surface area (Å²) in [7, 11) is 1.78. The van der Waals surface area contributed by atoms with Gasteiger partial charge in [0.25, 0.3) is 0 Å². The molecule has 116 valence electrons. The van der Waals surface area contributed by atoms with Gasteiger partial charge in [0.1, 0.15) is 5.82 Å². The molecular formula is C13H21N5O3. The molecule has 1 fully saturated rings. The Labute approximate surface area is 123 Å². The molecule has 0 spiro atoms. The van der Waals surface area contributed by atoms with Crippen molar-refractivity contribution in [3.05, 3.63) is 11.8 Å². The van der Waals surface area contributed by atoms with Crippen molar-refractivity contribution >= 4 is 17.9 Å². The van der Waals surface area contributed by atoms with E-state index >= 15 is 0 Å². The highest BCUT2D eigenvalue weighted by molar-refractivity contribution is 5.88. The van der Waals surface area contributed by atoms with Gasteiger partial charge in [0.05, 0.1) is 12.3 Å². The van der Waals surface area contributed by atoms with Crippen LogP contribution in [0.15, 0.2) is 6.07 Å². The summed E-state index contributed by atoms with van der Waals surface area (Å²) in [6.07, 6.45) is -0.320. The van der Waals surface area contributed by atoms with Crippen LogP contribution < -0.4 is 5.32 Å². The topological polar surface area (TPSA) is 79.7 Å². The highest BCUT2D eigenvalue weighted by Crippen LogP contribution is 2.11. The Bertz CT molecular complexity index is 520. The largest absolute Gasteiger partial charge is 0.450 e. The van der Waals surface area contributed by atoms with Crippen molar-refractivity contribution in [2.75, 3.05) is 38.1 Å². The van der Waals surface area contributed by atoms with E-state index in [1.165, 1.54) is 0 Å². The second-order valence-electron chi connectivity index (χ2n) is 4.90. The lowest BCUT2D eigenvalue weighted by molar-refractivity contribution is 0.0868. The number of urea groups is 1. The molecular weight excluding hydrogens is 274 g/mol. The SMILES string of the molecule is CCOC(=O)N1CCN(C(=O)Nc2cc(C)nn2C)CC1. The molecule has 1 saturated heterocycles. The zero-order chi connectivity index (χ0) is 15.4. The third-order valence-electron chi connectivity index (χ3n) is 3.33. The molecule has 3 amide bonds. The first-order valence-electron chi connectivity index (χ1n) is 6.99. The van der Waals surface area contributed by atoms with Gasteiger partial charge in [0.2, 0.25) is 0 Å². The van der Waals surface area contributed by atoms with Crippen LogP contribution in [-0.4, -0.2) is 64.5 Å². The molecule has 0 unspecified atom stereocenters. The van der Waals surface area contributed by atoms with E-state index in [4.69, 9.17) is 4.74 Å². The summed E-state index contributed by atoms with van der Waals surface area (Å²) in [5.41, 5.74) is 0.847. The van der Waals surface area contributed by atoms with Crippen LogP contribution in [0.3, 0.4) is 0 Å². The van der Waals surface area contributed by atoms with Crippen LogP contribution in [0.5, 0.6) is 0 Å². The Kier molecular flexibility index (Phi) is 4.66. The van der Waals surface area contributed by atoms with Crippen molar-refractivity contribution < 1.29 is 14.3 Å². The van der Waals surface area contributed by atoms with E-state index in [1.807, 2.05) is 13.0 Å². The van der Waals surface area contributed by atoms with Gasteiger partial charge in [0, 0.05) is 39.3 Å². The van der Waals surface area contributed by atoms with Crippen molar-refractivity contribution in [2.45, 2.75) is 13.8 Å². The number of nitrogens with one attached hydrogen (secondary N) is 1. The van der Waals surface area contributed by atoms with Gasteiger partial charge in [-0.1, -0.05) is 0 Å². The zero-order valence-electron chi connectivity index (χ0n) is 12.6.